The number of hydrogen-bond acceptors (Lipinski definition) is 8. The fourth-order valence-corrected chi connectivity index (χ4v) is 7.37. The van der Waals surface area contributed by atoms with Crippen LogP contribution in [-0.4, -0.2) is 63.3 Å². The number of benzene rings is 4. The standard InChI is InChI=1S/C45H46F2N6O4/c1-43(2,3)52-41(54)35-27-53(45(29-15-9-6-10-16-29,30-17-11-7-12-18-30)31-19-13-8-14-20-31)40-39(35)51-37(26-50-40)38(48)34-25-32(56-42(46)47)21-22-36(34)49-24-23-33-28-55-44(4,5)57-33/h6-22,25-27,33,42,48-49H,23-24,28H2,1-5H3,(H,52,54). The molecule has 57 heavy (non-hydrogen) atoms. The quantitative estimate of drug-likeness (QED) is 0.0793. The molecule has 294 valence electrons. The number of fused-ring (bicyclic) bond motifs is 1. The van der Waals surface area contributed by atoms with E-state index in [4.69, 9.17) is 24.2 Å². The van der Waals surface area contributed by atoms with E-state index in [1.165, 1.54) is 18.3 Å². The van der Waals surface area contributed by atoms with Crippen molar-refractivity contribution >= 4 is 28.5 Å². The summed E-state index contributed by atoms with van der Waals surface area (Å²) in [5, 5.41) is 15.9. The number of amides is 1. The van der Waals surface area contributed by atoms with Crippen LogP contribution in [0.4, 0.5) is 14.5 Å². The van der Waals surface area contributed by atoms with Gasteiger partial charge in [0.1, 0.15) is 22.5 Å². The third-order valence-corrected chi connectivity index (χ3v) is 9.75. The van der Waals surface area contributed by atoms with Crippen molar-refractivity contribution in [2.45, 2.75) is 70.6 Å². The van der Waals surface area contributed by atoms with E-state index >= 15 is 0 Å². The highest BCUT2D eigenvalue weighted by Gasteiger charge is 2.41. The number of aromatic nitrogens is 3. The Balaban J connectivity index is 1.39. The molecule has 1 fully saturated rings. The van der Waals surface area contributed by atoms with Gasteiger partial charge < -0.3 is 29.4 Å². The smallest absolute Gasteiger partial charge is 0.387 e. The Labute approximate surface area is 330 Å². The van der Waals surface area contributed by atoms with Crippen LogP contribution in [0.3, 0.4) is 0 Å². The Morgan fingerprint density at radius 1 is 0.930 bits per heavy atom. The predicted molar refractivity (Wildman–Crippen MR) is 216 cm³/mol. The first-order chi connectivity index (χ1) is 27.2. The summed E-state index contributed by atoms with van der Waals surface area (Å²) in [5.74, 6) is -1.16. The number of carbonyl (C=O) groups excluding carboxylic acids is 1. The van der Waals surface area contributed by atoms with Gasteiger partial charge in [-0.15, -0.1) is 0 Å². The number of nitrogens with one attached hydrogen (secondary N) is 3. The normalized spacial score (nSPS) is 15.5. The molecule has 0 radical (unpaired) electrons. The minimum atomic E-state index is -3.06. The van der Waals surface area contributed by atoms with Gasteiger partial charge in [-0.1, -0.05) is 91.0 Å². The molecule has 1 amide bonds. The summed E-state index contributed by atoms with van der Waals surface area (Å²) >= 11 is 0. The average Bonchev–Trinajstić information content (AvgIpc) is 3.75. The zero-order valence-corrected chi connectivity index (χ0v) is 32.6. The lowest BCUT2D eigenvalue weighted by molar-refractivity contribution is -0.138. The van der Waals surface area contributed by atoms with Gasteiger partial charge in [-0.3, -0.25) is 10.2 Å². The fraction of sp³-hybridized carbons (Fsp3) is 0.289. The number of alkyl halides is 2. The van der Waals surface area contributed by atoms with Gasteiger partial charge in [-0.05, 0) is 75.9 Å². The lowest BCUT2D eigenvalue weighted by Crippen LogP contribution is -2.40. The van der Waals surface area contributed by atoms with E-state index in [1.807, 2.05) is 130 Å². The van der Waals surface area contributed by atoms with Crippen molar-refractivity contribution in [2.75, 3.05) is 18.5 Å². The zero-order valence-electron chi connectivity index (χ0n) is 32.6. The van der Waals surface area contributed by atoms with Crippen LogP contribution in [-0.2, 0) is 15.0 Å². The van der Waals surface area contributed by atoms with Crippen molar-refractivity contribution in [3.05, 3.63) is 155 Å². The number of nitrogens with zero attached hydrogens (tertiary/aromatic N) is 3. The number of anilines is 1. The Morgan fingerprint density at radius 2 is 1.53 bits per heavy atom. The lowest BCUT2D eigenvalue weighted by Gasteiger charge is -2.38. The van der Waals surface area contributed by atoms with Gasteiger partial charge in [-0.2, -0.15) is 8.78 Å². The number of hydrogen-bond donors (Lipinski definition) is 3. The van der Waals surface area contributed by atoms with Crippen LogP contribution in [0.1, 0.15) is 79.3 Å². The molecular weight excluding hydrogens is 727 g/mol. The van der Waals surface area contributed by atoms with Gasteiger partial charge in [0, 0.05) is 29.5 Å². The number of carbonyl (C=O) groups is 1. The molecule has 3 heterocycles. The molecule has 12 heteroatoms. The first kappa shape index (κ1) is 39.3. The molecule has 4 aromatic carbocycles. The summed E-state index contributed by atoms with van der Waals surface area (Å²) in [6.45, 7) is 7.24. The topological polar surface area (TPSA) is 123 Å². The molecule has 6 aromatic rings. The maximum atomic E-state index is 14.3. The highest BCUT2D eigenvalue weighted by molar-refractivity contribution is 6.14. The zero-order chi connectivity index (χ0) is 40.4. The average molecular weight is 773 g/mol. The molecule has 1 atom stereocenters. The molecule has 0 spiro atoms. The monoisotopic (exact) mass is 772 g/mol. The Bertz CT molecular complexity index is 2270. The van der Waals surface area contributed by atoms with Crippen LogP contribution in [0.5, 0.6) is 5.75 Å². The van der Waals surface area contributed by atoms with Crippen LogP contribution < -0.4 is 15.4 Å². The van der Waals surface area contributed by atoms with Crippen LogP contribution >= 0.6 is 0 Å². The van der Waals surface area contributed by atoms with Gasteiger partial charge in [0.15, 0.2) is 11.4 Å². The Morgan fingerprint density at radius 3 is 2.05 bits per heavy atom. The van der Waals surface area contributed by atoms with E-state index in [-0.39, 0.29) is 45.8 Å². The summed E-state index contributed by atoms with van der Waals surface area (Å²) in [6.07, 6.45) is 3.73. The minimum Gasteiger partial charge on any atom is -0.435 e. The molecule has 1 aliphatic rings. The van der Waals surface area contributed by atoms with Crippen LogP contribution in [0.15, 0.2) is 122 Å². The van der Waals surface area contributed by atoms with E-state index in [2.05, 4.69) is 10.6 Å². The molecule has 1 unspecified atom stereocenters. The third-order valence-electron chi connectivity index (χ3n) is 9.75. The van der Waals surface area contributed by atoms with Crippen molar-refractivity contribution in [1.29, 1.82) is 5.41 Å². The first-order valence-electron chi connectivity index (χ1n) is 18.9. The predicted octanol–water partition coefficient (Wildman–Crippen LogP) is 8.77. The maximum Gasteiger partial charge on any atom is 0.387 e. The molecule has 0 bridgehead atoms. The highest BCUT2D eigenvalue weighted by atomic mass is 19.3. The molecule has 10 nitrogen and oxygen atoms in total. The van der Waals surface area contributed by atoms with Gasteiger partial charge in [-0.25, -0.2) is 9.97 Å². The molecule has 3 N–H and O–H groups in total. The minimum absolute atomic E-state index is 0.108. The SMILES string of the molecule is CC(C)(C)NC(=O)c1cn(C(c2ccccc2)(c2ccccc2)c2ccccc2)c2ncc(C(=N)c3cc(OC(F)F)ccc3NCCC3COC(C)(C)O3)nc12. The summed E-state index contributed by atoms with van der Waals surface area (Å²) in [4.78, 5) is 24.2. The number of rotatable bonds is 13. The first-order valence-corrected chi connectivity index (χ1v) is 18.9. The summed E-state index contributed by atoms with van der Waals surface area (Å²) < 4.78 is 45.2. The molecule has 0 aliphatic carbocycles. The Hall–Kier alpha value is -5.98. The van der Waals surface area contributed by atoms with Crippen molar-refractivity contribution in [3.63, 3.8) is 0 Å². The van der Waals surface area contributed by atoms with E-state index in [9.17, 15) is 19.0 Å². The molecule has 1 saturated heterocycles. The van der Waals surface area contributed by atoms with E-state index in [1.54, 1.807) is 12.3 Å². The van der Waals surface area contributed by atoms with Gasteiger partial charge in [0.2, 0.25) is 0 Å². The highest BCUT2D eigenvalue weighted by Crippen LogP contribution is 2.43. The second-order valence-corrected chi connectivity index (χ2v) is 15.5. The lowest BCUT2D eigenvalue weighted by atomic mass is 9.76. The summed E-state index contributed by atoms with van der Waals surface area (Å²) in [7, 11) is 0. The molecule has 7 rings (SSSR count). The molecule has 2 aromatic heterocycles. The second-order valence-electron chi connectivity index (χ2n) is 15.5. The van der Waals surface area contributed by atoms with Crippen molar-refractivity contribution in [2.24, 2.45) is 0 Å². The van der Waals surface area contributed by atoms with E-state index in [0.717, 1.165) is 16.7 Å². The largest absolute Gasteiger partial charge is 0.435 e. The fourth-order valence-electron chi connectivity index (χ4n) is 7.37. The van der Waals surface area contributed by atoms with Crippen LogP contribution in [0, 0.1) is 5.41 Å². The molecule has 0 saturated carbocycles. The summed E-state index contributed by atoms with van der Waals surface area (Å²) in [5.41, 5.74) is 2.86. The van der Waals surface area contributed by atoms with Gasteiger partial charge in [0.25, 0.3) is 5.91 Å². The van der Waals surface area contributed by atoms with E-state index in [0.29, 0.717) is 30.9 Å². The maximum absolute atomic E-state index is 14.3. The second kappa shape index (κ2) is 15.9. The van der Waals surface area contributed by atoms with Crippen molar-refractivity contribution in [1.82, 2.24) is 19.9 Å². The van der Waals surface area contributed by atoms with Crippen molar-refractivity contribution < 1.29 is 27.8 Å². The third kappa shape index (κ3) is 8.28. The Kier molecular flexibility index (Phi) is 10.9. The summed E-state index contributed by atoms with van der Waals surface area (Å²) in [6, 6.07) is 34.4. The van der Waals surface area contributed by atoms with Crippen LogP contribution in [0.25, 0.3) is 11.2 Å². The van der Waals surface area contributed by atoms with Gasteiger partial charge in [0.05, 0.1) is 30.2 Å². The van der Waals surface area contributed by atoms with Crippen LogP contribution in [0.2, 0.25) is 0 Å². The number of halogens is 2. The molecular formula is C45H46F2N6O4. The molecule has 1 aliphatic heterocycles. The van der Waals surface area contributed by atoms with Gasteiger partial charge >= 0.3 is 6.61 Å². The van der Waals surface area contributed by atoms with E-state index < -0.39 is 23.5 Å². The van der Waals surface area contributed by atoms with Crippen molar-refractivity contribution in [3.8, 4) is 5.75 Å². The number of ether oxygens (including phenoxy) is 3.